The summed E-state index contributed by atoms with van der Waals surface area (Å²) in [5, 5.41) is 7.28. The minimum atomic E-state index is -3.96. The molecule has 7 nitrogen and oxygen atoms in total. The molecule has 2 rings (SSSR count). The van der Waals surface area contributed by atoms with Gasteiger partial charge in [0.2, 0.25) is 10.0 Å². The Morgan fingerprint density at radius 1 is 1.45 bits per heavy atom. The molecule has 0 aliphatic rings. The van der Waals surface area contributed by atoms with Gasteiger partial charge in [0.05, 0.1) is 12.7 Å². The number of nitrogen functional groups attached to an aromatic ring is 1. The number of sulfonamides is 1. The zero-order valence-electron chi connectivity index (χ0n) is 10.7. The van der Waals surface area contributed by atoms with Crippen LogP contribution in [0.1, 0.15) is 5.56 Å². The predicted octanol–water partition coefficient (Wildman–Crippen LogP) is 0.286. The molecule has 2 aromatic rings. The summed E-state index contributed by atoms with van der Waals surface area (Å²) in [6, 6.07) is 2.48. The summed E-state index contributed by atoms with van der Waals surface area (Å²) < 4.78 is 41.7. The average molecular weight is 299 g/mol. The molecule has 0 spiro atoms. The van der Waals surface area contributed by atoms with E-state index in [1.807, 2.05) is 0 Å². The molecular formula is C11H14FN5O2S. The van der Waals surface area contributed by atoms with Gasteiger partial charge in [-0.3, -0.25) is 4.68 Å². The summed E-state index contributed by atoms with van der Waals surface area (Å²) in [7, 11) is -3.96. The van der Waals surface area contributed by atoms with Gasteiger partial charge in [0.1, 0.15) is 10.7 Å². The van der Waals surface area contributed by atoms with Crippen LogP contribution in [0.3, 0.4) is 0 Å². The van der Waals surface area contributed by atoms with E-state index < -0.39 is 20.7 Å². The number of hydrogen-bond donors (Lipinski definition) is 2. The fraction of sp³-hybridized carbons (Fsp3) is 0.273. The van der Waals surface area contributed by atoms with E-state index in [0.29, 0.717) is 6.54 Å². The molecule has 9 heteroatoms. The minimum Gasteiger partial charge on any atom is -0.399 e. The van der Waals surface area contributed by atoms with Crippen LogP contribution < -0.4 is 10.5 Å². The summed E-state index contributed by atoms with van der Waals surface area (Å²) in [6.07, 6.45) is 3.08. The van der Waals surface area contributed by atoms with Crippen molar-refractivity contribution in [3.63, 3.8) is 0 Å². The first kappa shape index (κ1) is 14.4. The van der Waals surface area contributed by atoms with Gasteiger partial charge in [-0.05, 0) is 24.6 Å². The highest BCUT2D eigenvalue weighted by Crippen LogP contribution is 2.21. The van der Waals surface area contributed by atoms with E-state index in [4.69, 9.17) is 5.73 Å². The number of nitrogens with two attached hydrogens (primary N) is 1. The molecule has 0 radical (unpaired) electrons. The highest BCUT2D eigenvalue weighted by molar-refractivity contribution is 7.89. The Hall–Kier alpha value is -2.00. The van der Waals surface area contributed by atoms with Crippen molar-refractivity contribution in [2.45, 2.75) is 18.4 Å². The zero-order valence-corrected chi connectivity index (χ0v) is 11.6. The fourth-order valence-corrected chi connectivity index (χ4v) is 2.89. The van der Waals surface area contributed by atoms with Gasteiger partial charge < -0.3 is 5.73 Å². The number of rotatable bonds is 5. The minimum absolute atomic E-state index is 0.0684. The van der Waals surface area contributed by atoms with E-state index >= 15 is 0 Å². The van der Waals surface area contributed by atoms with Gasteiger partial charge in [0, 0.05) is 18.4 Å². The lowest BCUT2D eigenvalue weighted by molar-refractivity contribution is 0.539. The normalized spacial score (nSPS) is 11.7. The lowest BCUT2D eigenvalue weighted by Gasteiger charge is -2.10. The molecule has 3 N–H and O–H groups in total. The number of hydrogen-bond acceptors (Lipinski definition) is 5. The smallest absolute Gasteiger partial charge is 0.243 e. The number of aryl methyl sites for hydroxylation is 1. The molecule has 1 aromatic carbocycles. The Morgan fingerprint density at radius 2 is 2.20 bits per heavy atom. The average Bonchev–Trinajstić information content (AvgIpc) is 2.86. The van der Waals surface area contributed by atoms with Crippen molar-refractivity contribution in [1.82, 2.24) is 19.7 Å². The predicted molar refractivity (Wildman–Crippen MR) is 70.8 cm³/mol. The van der Waals surface area contributed by atoms with Gasteiger partial charge in [-0.2, -0.15) is 0 Å². The maximum absolute atomic E-state index is 13.9. The summed E-state index contributed by atoms with van der Waals surface area (Å²) in [5.74, 6) is -0.799. The molecule has 0 unspecified atom stereocenters. The molecule has 20 heavy (non-hydrogen) atoms. The van der Waals surface area contributed by atoms with Crippen LogP contribution in [0.5, 0.6) is 0 Å². The van der Waals surface area contributed by atoms with Crippen LogP contribution in [0.15, 0.2) is 29.4 Å². The van der Waals surface area contributed by atoms with Gasteiger partial charge in [-0.15, -0.1) is 5.10 Å². The van der Waals surface area contributed by atoms with Crippen molar-refractivity contribution >= 4 is 15.7 Å². The Morgan fingerprint density at radius 3 is 2.85 bits per heavy atom. The molecule has 0 fully saturated rings. The Labute approximate surface area is 115 Å². The molecule has 0 aliphatic carbocycles. The second-order valence-electron chi connectivity index (χ2n) is 4.21. The van der Waals surface area contributed by atoms with E-state index in [9.17, 15) is 12.8 Å². The SMILES string of the molecule is Cc1cc(N)cc(S(=O)(=O)NCCn2ccnn2)c1F. The van der Waals surface area contributed by atoms with Crippen molar-refractivity contribution in [3.8, 4) is 0 Å². The van der Waals surface area contributed by atoms with E-state index in [2.05, 4.69) is 15.0 Å². The first-order valence-corrected chi connectivity index (χ1v) is 7.28. The number of halogens is 1. The van der Waals surface area contributed by atoms with Crippen LogP contribution in [0.4, 0.5) is 10.1 Å². The third-order valence-corrected chi connectivity index (χ3v) is 4.10. The Balaban J connectivity index is 2.14. The lowest BCUT2D eigenvalue weighted by Crippen LogP contribution is -2.28. The van der Waals surface area contributed by atoms with Crippen molar-refractivity contribution in [1.29, 1.82) is 0 Å². The molecule has 0 bridgehead atoms. The maximum Gasteiger partial charge on any atom is 0.243 e. The second-order valence-corrected chi connectivity index (χ2v) is 5.95. The van der Waals surface area contributed by atoms with E-state index in [-0.39, 0.29) is 17.8 Å². The van der Waals surface area contributed by atoms with Crippen LogP contribution in [0.2, 0.25) is 0 Å². The molecule has 0 aliphatic heterocycles. The standard InChI is InChI=1S/C11H14FN5O2S/c1-8-6-9(13)7-10(11(8)12)20(18,19)15-3-5-17-4-2-14-16-17/h2,4,6-7,15H,3,5,13H2,1H3. The number of nitrogens with one attached hydrogen (secondary N) is 1. The summed E-state index contributed by atoms with van der Waals surface area (Å²) in [6.45, 7) is 1.82. The molecular weight excluding hydrogens is 285 g/mol. The van der Waals surface area contributed by atoms with Gasteiger partial charge in [0.25, 0.3) is 0 Å². The first-order valence-electron chi connectivity index (χ1n) is 5.79. The Bertz CT molecular complexity index is 700. The highest BCUT2D eigenvalue weighted by atomic mass is 32.2. The van der Waals surface area contributed by atoms with Crippen LogP contribution >= 0.6 is 0 Å². The molecule has 108 valence electrons. The summed E-state index contributed by atoms with van der Waals surface area (Å²) >= 11 is 0. The van der Waals surface area contributed by atoms with Crippen LogP contribution in [-0.4, -0.2) is 30.0 Å². The lowest BCUT2D eigenvalue weighted by atomic mass is 10.2. The molecule has 0 atom stereocenters. The molecule has 1 aromatic heterocycles. The molecule has 0 saturated carbocycles. The fourth-order valence-electron chi connectivity index (χ4n) is 1.68. The van der Waals surface area contributed by atoms with Crippen LogP contribution in [0.25, 0.3) is 0 Å². The highest BCUT2D eigenvalue weighted by Gasteiger charge is 2.20. The molecule has 1 heterocycles. The second kappa shape index (κ2) is 5.55. The number of nitrogens with zero attached hydrogens (tertiary/aromatic N) is 3. The molecule has 0 saturated heterocycles. The van der Waals surface area contributed by atoms with Gasteiger partial charge >= 0.3 is 0 Å². The zero-order chi connectivity index (χ0) is 14.8. The van der Waals surface area contributed by atoms with Gasteiger partial charge in [0.15, 0.2) is 0 Å². The monoisotopic (exact) mass is 299 g/mol. The summed E-state index contributed by atoms with van der Waals surface area (Å²) in [5.41, 5.74) is 5.93. The van der Waals surface area contributed by atoms with Crippen LogP contribution in [-0.2, 0) is 16.6 Å². The Kier molecular flexibility index (Phi) is 4.00. The third kappa shape index (κ3) is 3.11. The van der Waals surface area contributed by atoms with E-state index in [0.717, 1.165) is 6.07 Å². The van der Waals surface area contributed by atoms with E-state index in [1.165, 1.54) is 23.9 Å². The number of aromatic nitrogens is 3. The number of anilines is 1. The topological polar surface area (TPSA) is 103 Å². The van der Waals surface area contributed by atoms with Crippen molar-refractivity contribution in [2.75, 3.05) is 12.3 Å². The van der Waals surface area contributed by atoms with Crippen molar-refractivity contribution in [3.05, 3.63) is 35.9 Å². The molecule has 0 amide bonds. The van der Waals surface area contributed by atoms with Gasteiger partial charge in [-0.1, -0.05) is 5.21 Å². The largest absolute Gasteiger partial charge is 0.399 e. The van der Waals surface area contributed by atoms with Gasteiger partial charge in [-0.25, -0.2) is 17.5 Å². The van der Waals surface area contributed by atoms with Crippen molar-refractivity contribution < 1.29 is 12.8 Å². The first-order chi connectivity index (χ1) is 9.40. The number of benzene rings is 1. The maximum atomic E-state index is 13.9. The quantitative estimate of drug-likeness (QED) is 0.772. The third-order valence-electron chi connectivity index (χ3n) is 2.64. The summed E-state index contributed by atoms with van der Waals surface area (Å²) in [4.78, 5) is -0.450. The van der Waals surface area contributed by atoms with E-state index in [1.54, 1.807) is 6.20 Å². The van der Waals surface area contributed by atoms with Crippen LogP contribution in [0, 0.1) is 12.7 Å². The van der Waals surface area contributed by atoms with Crippen molar-refractivity contribution in [2.24, 2.45) is 0 Å².